The molecule has 2 nitrogen and oxygen atoms in total. The van der Waals surface area contributed by atoms with Gasteiger partial charge < -0.3 is 10.0 Å². The number of fused-ring (bicyclic) bond motifs is 3. The van der Waals surface area contributed by atoms with Crippen LogP contribution in [-0.2, 0) is 6.18 Å². The van der Waals surface area contributed by atoms with Crippen molar-refractivity contribution in [1.82, 2.24) is 4.90 Å². The number of aliphatic hydroxyl groups is 1. The van der Waals surface area contributed by atoms with E-state index in [0.717, 1.165) is 55.8 Å². The maximum Gasteiger partial charge on any atom is 0.416 e. The molecule has 31 heavy (non-hydrogen) atoms. The fourth-order valence-corrected chi connectivity index (χ4v) is 4.18. The lowest BCUT2D eigenvalue weighted by Gasteiger charge is -2.26. The Hall–Kier alpha value is -1.82. The van der Waals surface area contributed by atoms with Gasteiger partial charge in [-0.3, -0.25) is 0 Å². The SMILES string of the molecule is CCCCN(CCCC)CC(O)c1cc2ccc(C(F)(F)F)cc2c2cc(Cl)ccc12. The van der Waals surface area contributed by atoms with Gasteiger partial charge in [-0.05, 0) is 83.4 Å². The third kappa shape index (κ3) is 5.71. The minimum absolute atomic E-state index is 0.449. The highest BCUT2D eigenvalue weighted by Gasteiger charge is 2.30. The maximum absolute atomic E-state index is 13.3. The third-order valence-corrected chi connectivity index (χ3v) is 5.96. The summed E-state index contributed by atoms with van der Waals surface area (Å²) in [5.41, 5.74) is 0.0248. The summed E-state index contributed by atoms with van der Waals surface area (Å²) >= 11 is 6.19. The van der Waals surface area contributed by atoms with Crippen LogP contribution in [-0.4, -0.2) is 29.6 Å². The van der Waals surface area contributed by atoms with Crippen molar-refractivity contribution in [2.75, 3.05) is 19.6 Å². The van der Waals surface area contributed by atoms with Crippen molar-refractivity contribution >= 4 is 33.1 Å². The number of benzene rings is 3. The molecule has 0 saturated carbocycles. The summed E-state index contributed by atoms with van der Waals surface area (Å²) in [6.45, 7) is 6.61. The Bertz CT molecular complexity index is 1030. The minimum Gasteiger partial charge on any atom is -0.387 e. The Labute approximate surface area is 186 Å². The molecule has 0 aliphatic heterocycles. The van der Waals surface area contributed by atoms with E-state index >= 15 is 0 Å². The van der Waals surface area contributed by atoms with E-state index in [9.17, 15) is 18.3 Å². The molecule has 168 valence electrons. The van der Waals surface area contributed by atoms with Crippen LogP contribution in [0.3, 0.4) is 0 Å². The van der Waals surface area contributed by atoms with E-state index in [4.69, 9.17) is 11.6 Å². The first-order chi connectivity index (χ1) is 14.7. The van der Waals surface area contributed by atoms with Crippen molar-refractivity contribution in [3.05, 3.63) is 58.6 Å². The first-order valence-electron chi connectivity index (χ1n) is 10.9. The van der Waals surface area contributed by atoms with Gasteiger partial charge in [-0.15, -0.1) is 0 Å². The predicted molar refractivity (Wildman–Crippen MR) is 123 cm³/mol. The highest BCUT2D eigenvalue weighted by atomic mass is 35.5. The lowest BCUT2D eigenvalue weighted by atomic mass is 9.93. The molecule has 0 amide bonds. The molecule has 1 atom stereocenters. The summed E-state index contributed by atoms with van der Waals surface area (Å²) < 4.78 is 39.8. The zero-order chi connectivity index (χ0) is 22.6. The van der Waals surface area contributed by atoms with Gasteiger partial charge in [-0.2, -0.15) is 13.2 Å². The van der Waals surface area contributed by atoms with Crippen LogP contribution >= 0.6 is 11.6 Å². The van der Waals surface area contributed by atoms with Crippen LogP contribution in [0.15, 0.2) is 42.5 Å². The molecule has 0 aromatic heterocycles. The molecule has 0 aliphatic carbocycles. The van der Waals surface area contributed by atoms with Crippen LogP contribution in [0.4, 0.5) is 13.2 Å². The van der Waals surface area contributed by atoms with Crippen molar-refractivity contribution in [1.29, 1.82) is 0 Å². The van der Waals surface area contributed by atoms with Gasteiger partial charge >= 0.3 is 6.18 Å². The molecule has 0 bridgehead atoms. The van der Waals surface area contributed by atoms with Gasteiger partial charge in [-0.1, -0.05) is 50.4 Å². The number of alkyl halides is 3. The largest absolute Gasteiger partial charge is 0.416 e. The Kier molecular flexibility index (Phi) is 7.84. The predicted octanol–water partition coefficient (Wildman–Crippen LogP) is 7.60. The zero-order valence-electron chi connectivity index (χ0n) is 18.0. The lowest BCUT2D eigenvalue weighted by Crippen LogP contribution is -2.30. The molecule has 3 aromatic carbocycles. The van der Waals surface area contributed by atoms with Gasteiger partial charge in [0, 0.05) is 11.6 Å². The lowest BCUT2D eigenvalue weighted by molar-refractivity contribution is -0.137. The molecule has 3 rings (SSSR count). The Balaban J connectivity index is 2.06. The topological polar surface area (TPSA) is 23.5 Å². The average molecular weight is 452 g/mol. The standard InChI is InChI=1S/C25H29ClF3NO/c1-3-5-11-30(12-6-4-2)16-24(31)23-13-17-7-8-18(25(27,28)29)14-21(17)22-15-19(26)9-10-20(22)23/h7-10,13-15,24,31H,3-6,11-12,16H2,1-2H3. The molecular formula is C25H29ClF3NO. The van der Waals surface area contributed by atoms with Crippen molar-refractivity contribution in [2.24, 2.45) is 0 Å². The summed E-state index contributed by atoms with van der Waals surface area (Å²) in [7, 11) is 0. The van der Waals surface area contributed by atoms with E-state index in [-0.39, 0.29) is 0 Å². The monoisotopic (exact) mass is 451 g/mol. The average Bonchev–Trinajstić information content (AvgIpc) is 2.73. The number of hydrogen-bond acceptors (Lipinski definition) is 2. The molecule has 0 heterocycles. The second kappa shape index (κ2) is 10.2. The van der Waals surface area contributed by atoms with E-state index in [1.54, 1.807) is 18.2 Å². The molecule has 1 unspecified atom stereocenters. The molecule has 0 radical (unpaired) electrons. The Morgan fingerprint density at radius 1 is 0.903 bits per heavy atom. The molecule has 0 saturated heterocycles. The normalized spacial score (nSPS) is 13.4. The molecule has 3 aromatic rings. The summed E-state index contributed by atoms with van der Waals surface area (Å²) in [5, 5.41) is 14.1. The summed E-state index contributed by atoms with van der Waals surface area (Å²) in [6.07, 6.45) is -0.884. The number of aliphatic hydroxyl groups excluding tert-OH is 1. The fourth-order valence-electron chi connectivity index (χ4n) is 4.00. The quantitative estimate of drug-likeness (QED) is 0.338. The highest BCUT2D eigenvalue weighted by molar-refractivity contribution is 6.32. The maximum atomic E-state index is 13.3. The van der Waals surface area contributed by atoms with Gasteiger partial charge in [0.2, 0.25) is 0 Å². The van der Waals surface area contributed by atoms with Crippen LogP contribution in [0.2, 0.25) is 5.02 Å². The summed E-state index contributed by atoms with van der Waals surface area (Å²) in [5.74, 6) is 0. The second-order valence-electron chi connectivity index (χ2n) is 8.11. The van der Waals surface area contributed by atoms with Crippen LogP contribution in [0, 0.1) is 0 Å². The molecule has 0 fully saturated rings. The zero-order valence-corrected chi connectivity index (χ0v) is 18.7. The minimum atomic E-state index is -4.42. The van der Waals surface area contributed by atoms with Crippen molar-refractivity contribution in [3.8, 4) is 0 Å². The fraction of sp³-hybridized carbons (Fsp3) is 0.440. The van der Waals surface area contributed by atoms with Gasteiger partial charge in [0.25, 0.3) is 0 Å². The van der Waals surface area contributed by atoms with E-state index in [1.165, 1.54) is 12.1 Å². The van der Waals surface area contributed by atoms with E-state index in [1.807, 2.05) is 6.07 Å². The van der Waals surface area contributed by atoms with Crippen molar-refractivity contribution < 1.29 is 18.3 Å². The van der Waals surface area contributed by atoms with Crippen LogP contribution in [0.1, 0.15) is 56.8 Å². The number of rotatable bonds is 9. The number of nitrogens with zero attached hydrogens (tertiary/aromatic N) is 1. The van der Waals surface area contributed by atoms with Gasteiger partial charge in [0.15, 0.2) is 0 Å². The number of unbranched alkanes of at least 4 members (excludes halogenated alkanes) is 2. The molecule has 1 N–H and O–H groups in total. The second-order valence-corrected chi connectivity index (χ2v) is 8.55. The third-order valence-electron chi connectivity index (χ3n) is 5.72. The van der Waals surface area contributed by atoms with Crippen LogP contribution in [0.5, 0.6) is 0 Å². The molecular weight excluding hydrogens is 423 g/mol. The van der Waals surface area contributed by atoms with Crippen molar-refractivity contribution in [2.45, 2.75) is 51.8 Å². The smallest absolute Gasteiger partial charge is 0.387 e. The molecule has 0 spiro atoms. The van der Waals surface area contributed by atoms with Gasteiger partial charge in [0.05, 0.1) is 11.7 Å². The van der Waals surface area contributed by atoms with E-state index in [0.29, 0.717) is 27.7 Å². The molecule has 6 heteroatoms. The van der Waals surface area contributed by atoms with E-state index < -0.39 is 17.8 Å². The van der Waals surface area contributed by atoms with Crippen LogP contribution in [0.25, 0.3) is 21.5 Å². The Morgan fingerprint density at radius 2 is 1.58 bits per heavy atom. The number of hydrogen-bond donors (Lipinski definition) is 1. The summed E-state index contributed by atoms with van der Waals surface area (Å²) in [4.78, 5) is 2.27. The Morgan fingerprint density at radius 3 is 2.19 bits per heavy atom. The highest BCUT2D eigenvalue weighted by Crippen LogP contribution is 2.37. The van der Waals surface area contributed by atoms with Gasteiger partial charge in [0.1, 0.15) is 0 Å². The van der Waals surface area contributed by atoms with Crippen LogP contribution < -0.4 is 0 Å². The summed E-state index contributed by atoms with van der Waals surface area (Å²) in [6, 6.07) is 10.7. The van der Waals surface area contributed by atoms with Gasteiger partial charge in [-0.25, -0.2) is 0 Å². The van der Waals surface area contributed by atoms with Crippen molar-refractivity contribution in [3.63, 3.8) is 0 Å². The first kappa shape index (κ1) is 23.8. The molecule has 0 aliphatic rings. The number of halogens is 4. The van der Waals surface area contributed by atoms with E-state index in [2.05, 4.69) is 18.7 Å². The first-order valence-corrected chi connectivity index (χ1v) is 11.3.